The molecule has 6 heteroatoms. The maximum Gasteiger partial charge on any atom is 0.213 e. The predicted molar refractivity (Wildman–Crippen MR) is 68.3 cm³/mol. The van der Waals surface area contributed by atoms with Crippen molar-refractivity contribution in [2.45, 2.75) is 40.8 Å². The minimum Gasteiger partial charge on any atom is -0.270 e. The second-order valence-electron chi connectivity index (χ2n) is 4.12. The van der Waals surface area contributed by atoms with Crippen molar-refractivity contribution in [2.75, 3.05) is 12.8 Å². The number of sulfonamides is 1. The third kappa shape index (κ3) is 2.87. The van der Waals surface area contributed by atoms with Crippen LogP contribution in [-0.2, 0) is 23.1 Å². The third-order valence-electron chi connectivity index (χ3n) is 3.05. The molecule has 1 aromatic heterocycles. The Labute approximate surface area is 103 Å². The van der Waals surface area contributed by atoms with Crippen LogP contribution in [0.25, 0.3) is 0 Å². The van der Waals surface area contributed by atoms with E-state index in [0.717, 1.165) is 23.5 Å². The molecule has 0 aliphatic heterocycles. The van der Waals surface area contributed by atoms with Crippen LogP contribution in [0.2, 0.25) is 0 Å². The van der Waals surface area contributed by atoms with Crippen molar-refractivity contribution in [1.29, 1.82) is 0 Å². The molecule has 5 nitrogen and oxygen atoms in total. The van der Waals surface area contributed by atoms with Crippen molar-refractivity contribution in [3.8, 4) is 0 Å². The summed E-state index contributed by atoms with van der Waals surface area (Å²) in [6.45, 7) is 8.77. The predicted octanol–water partition coefficient (Wildman–Crippen LogP) is 1.30. The molecule has 1 heterocycles. The van der Waals surface area contributed by atoms with E-state index < -0.39 is 10.0 Å². The van der Waals surface area contributed by atoms with E-state index >= 15 is 0 Å². The monoisotopic (exact) mass is 259 g/mol. The average molecular weight is 259 g/mol. The number of nitrogens with zero attached hydrogens (tertiary/aromatic N) is 3. The highest BCUT2D eigenvalue weighted by molar-refractivity contribution is 7.89. The Morgan fingerprint density at radius 1 is 1.29 bits per heavy atom. The maximum absolute atomic E-state index is 11.7. The summed E-state index contributed by atoms with van der Waals surface area (Å²) >= 11 is 0. The molecular weight excluding hydrogens is 238 g/mol. The van der Waals surface area contributed by atoms with Crippen molar-refractivity contribution in [3.05, 3.63) is 17.0 Å². The molecule has 0 fully saturated rings. The number of hydrogen-bond donors (Lipinski definition) is 0. The van der Waals surface area contributed by atoms with Crippen molar-refractivity contribution >= 4 is 10.0 Å². The van der Waals surface area contributed by atoms with Crippen LogP contribution in [0.4, 0.5) is 0 Å². The standard InChI is InChI=1S/C11H21N3O2S/c1-6-14-10(4)11(9(3)12-14)8-13(5)17(15,16)7-2/h6-8H2,1-5H3. The van der Waals surface area contributed by atoms with Gasteiger partial charge in [0.1, 0.15) is 0 Å². The molecule has 0 amide bonds. The summed E-state index contributed by atoms with van der Waals surface area (Å²) in [7, 11) is -1.52. The molecule has 1 aromatic rings. The molecule has 0 unspecified atom stereocenters. The summed E-state index contributed by atoms with van der Waals surface area (Å²) in [6.07, 6.45) is 0. The zero-order valence-corrected chi connectivity index (χ0v) is 12.0. The molecule has 0 saturated carbocycles. The molecule has 0 aliphatic carbocycles. The summed E-state index contributed by atoms with van der Waals surface area (Å²) in [6, 6.07) is 0. The van der Waals surface area contributed by atoms with Gasteiger partial charge in [0, 0.05) is 31.4 Å². The summed E-state index contributed by atoms with van der Waals surface area (Å²) in [4.78, 5) is 0. The first kappa shape index (κ1) is 14.2. The van der Waals surface area contributed by atoms with Gasteiger partial charge < -0.3 is 0 Å². The maximum atomic E-state index is 11.7. The number of hydrogen-bond acceptors (Lipinski definition) is 3. The van der Waals surface area contributed by atoms with Crippen molar-refractivity contribution in [2.24, 2.45) is 0 Å². The molecule has 0 N–H and O–H groups in total. The minimum absolute atomic E-state index is 0.128. The van der Waals surface area contributed by atoms with Crippen LogP contribution in [0.3, 0.4) is 0 Å². The van der Waals surface area contributed by atoms with E-state index in [4.69, 9.17) is 0 Å². The molecule has 0 aromatic carbocycles. The molecule has 98 valence electrons. The lowest BCUT2D eigenvalue weighted by atomic mass is 10.2. The topological polar surface area (TPSA) is 55.2 Å². The molecule has 0 aliphatic rings. The van der Waals surface area contributed by atoms with Crippen LogP contribution < -0.4 is 0 Å². The zero-order chi connectivity index (χ0) is 13.2. The van der Waals surface area contributed by atoms with Gasteiger partial charge in [0.15, 0.2) is 0 Å². The Morgan fingerprint density at radius 2 is 1.88 bits per heavy atom. The minimum atomic E-state index is -3.13. The molecule has 0 bridgehead atoms. The van der Waals surface area contributed by atoms with Crippen molar-refractivity contribution in [1.82, 2.24) is 14.1 Å². The molecule has 0 spiro atoms. The van der Waals surface area contributed by atoms with Gasteiger partial charge in [-0.15, -0.1) is 0 Å². The Bertz CT molecular complexity index is 491. The molecular formula is C11H21N3O2S. The van der Waals surface area contributed by atoms with Crippen molar-refractivity contribution < 1.29 is 8.42 Å². The molecule has 0 radical (unpaired) electrons. The first-order valence-corrected chi connectivity index (χ1v) is 7.41. The van der Waals surface area contributed by atoms with Gasteiger partial charge >= 0.3 is 0 Å². The summed E-state index contributed by atoms with van der Waals surface area (Å²) in [5.41, 5.74) is 2.96. The van der Waals surface area contributed by atoms with Gasteiger partial charge in [-0.2, -0.15) is 5.10 Å². The van der Waals surface area contributed by atoms with Crippen LogP contribution in [0.5, 0.6) is 0 Å². The average Bonchev–Trinajstić information content (AvgIpc) is 2.56. The molecule has 17 heavy (non-hydrogen) atoms. The Balaban J connectivity index is 3.00. The highest BCUT2D eigenvalue weighted by atomic mass is 32.2. The SMILES string of the molecule is CCn1nc(C)c(CN(C)S(=O)(=O)CC)c1C. The fraction of sp³-hybridized carbons (Fsp3) is 0.727. The van der Waals surface area contributed by atoms with Gasteiger partial charge in [-0.25, -0.2) is 12.7 Å². The van der Waals surface area contributed by atoms with Gasteiger partial charge in [0.2, 0.25) is 10.0 Å². The van der Waals surface area contributed by atoms with Gasteiger partial charge in [0.25, 0.3) is 0 Å². The fourth-order valence-corrected chi connectivity index (χ4v) is 2.58. The summed E-state index contributed by atoms with van der Waals surface area (Å²) < 4.78 is 26.7. The van der Waals surface area contributed by atoms with Gasteiger partial charge in [-0.3, -0.25) is 4.68 Å². The van der Waals surface area contributed by atoms with E-state index in [1.807, 2.05) is 25.5 Å². The van der Waals surface area contributed by atoms with Crippen molar-refractivity contribution in [3.63, 3.8) is 0 Å². The molecule has 1 rings (SSSR count). The van der Waals surface area contributed by atoms with Crippen LogP contribution in [0, 0.1) is 13.8 Å². The number of rotatable bonds is 5. The normalized spacial score (nSPS) is 12.4. The van der Waals surface area contributed by atoms with E-state index in [1.165, 1.54) is 4.31 Å². The lowest BCUT2D eigenvalue weighted by Crippen LogP contribution is -2.28. The Hall–Kier alpha value is -0.880. The van der Waals surface area contributed by atoms with E-state index in [1.54, 1.807) is 14.0 Å². The largest absolute Gasteiger partial charge is 0.270 e. The third-order valence-corrected chi connectivity index (χ3v) is 4.86. The van der Waals surface area contributed by atoms with Crippen LogP contribution in [0.15, 0.2) is 0 Å². The van der Waals surface area contributed by atoms with Gasteiger partial charge in [-0.1, -0.05) is 0 Å². The smallest absolute Gasteiger partial charge is 0.213 e. The number of aromatic nitrogens is 2. The number of aryl methyl sites for hydroxylation is 2. The fourth-order valence-electron chi connectivity index (χ4n) is 1.81. The highest BCUT2D eigenvalue weighted by Crippen LogP contribution is 2.16. The lowest BCUT2D eigenvalue weighted by Gasteiger charge is -2.16. The summed E-state index contributed by atoms with van der Waals surface area (Å²) in [5, 5.41) is 4.38. The quantitative estimate of drug-likeness (QED) is 0.801. The van der Waals surface area contributed by atoms with Crippen LogP contribution >= 0.6 is 0 Å². The first-order chi connectivity index (χ1) is 7.83. The lowest BCUT2D eigenvalue weighted by molar-refractivity contribution is 0.466. The highest BCUT2D eigenvalue weighted by Gasteiger charge is 2.19. The van der Waals surface area contributed by atoms with E-state index in [9.17, 15) is 8.42 Å². The van der Waals surface area contributed by atoms with E-state index in [2.05, 4.69) is 5.10 Å². The Kier molecular flexibility index (Phi) is 4.32. The Morgan fingerprint density at radius 3 is 2.29 bits per heavy atom. The molecule has 0 atom stereocenters. The van der Waals surface area contributed by atoms with Gasteiger partial charge in [-0.05, 0) is 27.7 Å². The molecule has 0 saturated heterocycles. The first-order valence-electron chi connectivity index (χ1n) is 5.80. The van der Waals surface area contributed by atoms with Gasteiger partial charge in [0.05, 0.1) is 11.4 Å². The summed E-state index contributed by atoms with van der Waals surface area (Å²) in [5.74, 6) is 0.128. The van der Waals surface area contributed by atoms with E-state index in [-0.39, 0.29) is 5.75 Å². The second-order valence-corrected chi connectivity index (χ2v) is 6.49. The van der Waals surface area contributed by atoms with Crippen LogP contribution in [0.1, 0.15) is 30.8 Å². The van der Waals surface area contributed by atoms with Crippen LogP contribution in [-0.4, -0.2) is 35.3 Å². The zero-order valence-electron chi connectivity index (χ0n) is 11.2. The van der Waals surface area contributed by atoms with E-state index in [0.29, 0.717) is 6.54 Å². The second kappa shape index (κ2) is 5.18.